The van der Waals surface area contributed by atoms with Gasteiger partial charge >= 0.3 is 0 Å². The van der Waals surface area contributed by atoms with Crippen molar-refractivity contribution in [2.45, 2.75) is 20.3 Å². The van der Waals surface area contributed by atoms with E-state index in [2.05, 4.69) is 5.32 Å². The van der Waals surface area contributed by atoms with E-state index < -0.39 is 0 Å². The quantitative estimate of drug-likeness (QED) is 0.843. The summed E-state index contributed by atoms with van der Waals surface area (Å²) in [6, 6.07) is 15.5. The fraction of sp³-hybridized carbons (Fsp3) is 0.300. The first-order valence-electron chi connectivity index (χ1n) is 8.24. The second kappa shape index (κ2) is 8.87. The molecule has 0 unspecified atom stereocenters. The van der Waals surface area contributed by atoms with Crippen molar-refractivity contribution in [1.82, 2.24) is 5.32 Å². The molecule has 2 aromatic rings. The molecule has 0 saturated heterocycles. The molecule has 0 atom stereocenters. The van der Waals surface area contributed by atoms with E-state index in [1.807, 2.05) is 49.4 Å². The second-order valence-electron chi connectivity index (χ2n) is 5.87. The van der Waals surface area contributed by atoms with Crippen LogP contribution in [-0.2, 0) is 16.0 Å². The number of nitrogens with one attached hydrogen (secondary N) is 1. The van der Waals surface area contributed by atoms with E-state index in [1.165, 1.54) is 11.8 Å². The summed E-state index contributed by atoms with van der Waals surface area (Å²) < 4.78 is 5.33. The molecule has 25 heavy (non-hydrogen) atoms. The Bertz CT molecular complexity index is 729. The van der Waals surface area contributed by atoms with E-state index in [4.69, 9.17) is 4.74 Å². The van der Waals surface area contributed by atoms with Crippen LogP contribution in [0.4, 0.5) is 5.69 Å². The summed E-state index contributed by atoms with van der Waals surface area (Å²) in [6.45, 7) is 3.86. The minimum atomic E-state index is -0.206. The molecule has 0 heterocycles. The summed E-state index contributed by atoms with van der Waals surface area (Å²) >= 11 is 0. The lowest BCUT2D eigenvalue weighted by atomic mass is 10.1. The van der Waals surface area contributed by atoms with Crippen LogP contribution in [0.15, 0.2) is 48.5 Å². The van der Waals surface area contributed by atoms with Crippen LogP contribution in [0.3, 0.4) is 0 Å². The molecule has 0 radical (unpaired) electrons. The van der Waals surface area contributed by atoms with Crippen LogP contribution in [0.25, 0.3) is 0 Å². The lowest BCUT2D eigenvalue weighted by molar-refractivity contribution is -0.123. The highest BCUT2D eigenvalue weighted by atomic mass is 16.5. The fourth-order valence-corrected chi connectivity index (χ4v) is 2.57. The molecule has 0 bridgehead atoms. The number of amides is 2. The maximum absolute atomic E-state index is 12.3. The predicted octanol–water partition coefficient (Wildman–Crippen LogP) is 2.72. The van der Waals surface area contributed by atoms with E-state index in [9.17, 15) is 9.59 Å². The van der Waals surface area contributed by atoms with Crippen LogP contribution in [0, 0.1) is 6.92 Å². The molecule has 0 aliphatic carbocycles. The highest BCUT2D eigenvalue weighted by Crippen LogP contribution is 2.29. The van der Waals surface area contributed by atoms with Crippen LogP contribution in [0.2, 0.25) is 0 Å². The standard InChI is InChI=1S/C20H24N2O3/c1-15-9-10-19(25-3)18(13-15)22(16(2)23)14-20(24)21-12-11-17-7-5-4-6-8-17/h4-10,13H,11-12,14H2,1-3H3,(H,21,24). The predicted molar refractivity (Wildman–Crippen MR) is 98.9 cm³/mol. The van der Waals surface area contributed by atoms with Gasteiger partial charge in [0.05, 0.1) is 12.8 Å². The summed E-state index contributed by atoms with van der Waals surface area (Å²) in [5, 5.41) is 2.86. The Labute approximate surface area is 148 Å². The highest BCUT2D eigenvalue weighted by molar-refractivity contribution is 5.98. The average molecular weight is 340 g/mol. The van der Waals surface area contributed by atoms with Crippen molar-refractivity contribution in [3.05, 3.63) is 59.7 Å². The first kappa shape index (κ1) is 18.5. The molecular formula is C20H24N2O3. The molecule has 0 saturated carbocycles. The van der Waals surface area contributed by atoms with Crippen LogP contribution in [0.1, 0.15) is 18.1 Å². The van der Waals surface area contributed by atoms with Gasteiger partial charge in [-0.25, -0.2) is 0 Å². The topological polar surface area (TPSA) is 58.6 Å². The van der Waals surface area contributed by atoms with Crippen LogP contribution < -0.4 is 15.0 Å². The molecule has 0 spiro atoms. The third-order valence-corrected chi connectivity index (χ3v) is 3.89. The summed E-state index contributed by atoms with van der Waals surface area (Å²) in [6.07, 6.45) is 0.750. The van der Waals surface area contributed by atoms with Gasteiger partial charge in [0, 0.05) is 13.5 Å². The summed E-state index contributed by atoms with van der Waals surface area (Å²) in [5.74, 6) is 0.162. The van der Waals surface area contributed by atoms with Gasteiger partial charge in [-0.05, 0) is 36.6 Å². The molecule has 2 aromatic carbocycles. The van der Waals surface area contributed by atoms with Gasteiger partial charge in [-0.1, -0.05) is 36.4 Å². The van der Waals surface area contributed by atoms with Crippen LogP contribution in [-0.4, -0.2) is 32.0 Å². The molecule has 1 N–H and O–H groups in total. The zero-order valence-electron chi connectivity index (χ0n) is 14.9. The largest absolute Gasteiger partial charge is 0.495 e. The maximum Gasteiger partial charge on any atom is 0.240 e. The number of rotatable bonds is 7. The van der Waals surface area contributed by atoms with Gasteiger partial charge < -0.3 is 10.1 Å². The van der Waals surface area contributed by atoms with Gasteiger partial charge in [-0.15, -0.1) is 0 Å². The van der Waals surface area contributed by atoms with Gasteiger partial charge in [0.25, 0.3) is 0 Å². The third kappa shape index (κ3) is 5.35. The Balaban J connectivity index is 2.00. The van der Waals surface area contributed by atoms with Gasteiger partial charge in [-0.2, -0.15) is 0 Å². The minimum Gasteiger partial charge on any atom is -0.495 e. The molecule has 0 fully saturated rings. The second-order valence-corrected chi connectivity index (χ2v) is 5.87. The number of benzene rings is 2. The zero-order chi connectivity index (χ0) is 18.2. The highest BCUT2D eigenvalue weighted by Gasteiger charge is 2.19. The SMILES string of the molecule is COc1ccc(C)cc1N(CC(=O)NCCc1ccccc1)C(C)=O. The van der Waals surface area contributed by atoms with Crippen molar-refractivity contribution in [3.63, 3.8) is 0 Å². The van der Waals surface area contributed by atoms with Crippen molar-refractivity contribution >= 4 is 17.5 Å². The molecule has 0 aromatic heterocycles. The molecule has 0 aliphatic heterocycles. The van der Waals surface area contributed by atoms with Gasteiger partial charge in [0.1, 0.15) is 12.3 Å². The Morgan fingerprint density at radius 2 is 1.84 bits per heavy atom. The van der Waals surface area contributed by atoms with Crippen molar-refractivity contribution in [1.29, 1.82) is 0 Å². The first-order chi connectivity index (χ1) is 12.0. The average Bonchev–Trinajstić information content (AvgIpc) is 2.60. The molecule has 5 heteroatoms. The number of hydrogen-bond acceptors (Lipinski definition) is 3. The lowest BCUT2D eigenvalue weighted by Crippen LogP contribution is -2.40. The number of hydrogen-bond donors (Lipinski definition) is 1. The van der Waals surface area contributed by atoms with Gasteiger partial charge in [0.15, 0.2) is 0 Å². The Hall–Kier alpha value is -2.82. The molecule has 132 valence electrons. The minimum absolute atomic E-state index is 0.0378. The molecule has 5 nitrogen and oxygen atoms in total. The number of carbonyl (C=O) groups is 2. The summed E-state index contributed by atoms with van der Waals surface area (Å²) in [4.78, 5) is 25.7. The van der Waals surface area contributed by atoms with Crippen molar-refractivity contribution in [2.24, 2.45) is 0 Å². The van der Waals surface area contributed by atoms with E-state index in [1.54, 1.807) is 13.2 Å². The number of nitrogens with zero attached hydrogens (tertiary/aromatic N) is 1. The van der Waals surface area contributed by atoms with E-state index in [-0.39, 0.29) is 18.4 Å². The van der Waals surface area contributed by atoms with Gasteiger partial charge in [0.2, 0.25) is 11.8 Å². The number of anilines is 1. The van der Waals surface area contributed by atoms with Crippen molar-refractivity contribution in [2.75, 3.05) is 25.1 Å². The van der Waals surface area contributed by atoms with Crippen LogP contribution >= 0.6 is 0 Å². The van der Waals surface area contributed by atoms with E-state index >= 15 is 0 Å². The van der Waals surface area contributed by atoms with Gasteiger partial charge in [-0.3, -0.25) is 14.5 Å². The Kier molecular flexibility index (Phi) is 6.57. The third-order valence-electron chi connectivity index (χ3n) is 3.89. The first-order valence-corrected chi connectivity index (χ1v) is 8.24. The Morgan fingerprint density at radius 1 is 1.12 bits per heavy atom. The molecule has 0 aliphatic rings. The monoisotopic (exact) mass is 340 g/mol. The normalized spacial score (nSPS) is 10.2. The maximum atomic E-state index is 12.3. The summed E-state index contributed by atoms with van der Waals surface area (Å²) in [5.41, 5.74) is 2.76. The van der Waals surface area contributed by atoms with Crippen molar-refractivity contribution < 1.29 is 14.3 Å². The number of methoxy groups -OCH3 is 1. The molecule has 2 rings (SSSR count). The fourth-order valence-electron chi connectivity index (χ4n) is 2.57. The van der Waals surface area contributed by atoms with E-state index in [0.717, 1.165) is 17.5 Å². The Morgan fingerprint density at radius 3 is 2.48 bits per heavy atom. The summed E-state index contributed by atoms with van der Waals surface area (Å²) in [7, 11) is 1.55. The lowest BCUT2D eigenvalue weighted by Gasteiger charge is -2.23. The molecular weight excluding hydrogens is 316 g/mol. The number of ether oxygens (including phenoxy) is 1. The number of carbonyl (C=O) groups excluding carboxylic acids is 2. The smallest absolute Gasteiger partial charge is 0.240 e. The van der Waals surface area contributed by atoms with Crippen LogP contribution in [0.5, 0.6) is 5.75 Å². The van der Waals surface area contributed by atoms with E-state index in [0.29, 0.717) is 18.0 Å². The zero-order valence-corrected chi connectivity index (χ0v) is 14.9. The molecule has 2 amide bonds. The number of aryl methyl sites for hydroxylation is 1. The van der Waals surface area contributed by atoms with Crippen molar-refractivity contribution in [3.8, 4) is 5.75 Å².